The highest BCUT2D eigenvalue weighted by molar-refractivity contribution is 5.68. The maximum Gasteiger partial charge on any atom is 0.410 e. The highest BCUT2D eigenvalue weighted by Gasteiger charge is 2.36. The zero-order chi connectivity index (χ0) is 32.1. The Balaban J connectivity index is 1.69. The topological polar surface area (TPSA) is 120 Å². The molecular formula is C35H51N3O6. The van der Waals surface area contributed by atoms with Crippen molar-refractivity contribution in [2.45, 2.75) is 96.0 Å². The van der Waals surface area contributed by atoms with E-state index in [1.165, 1.54) is 19.3 Å². The summed E-state index contributed by atoms with van der Waals surface area (Å²) in [6, 6.07) is 6.43. The lowest BCUT2D eigenvalue weighted by molar-refractivity contribution is -0.111. The summed E-state index contributed by atoms with van der Waals surface area (Å²) in [4.78, 5) is 44.7. The molecule has 2 fully saturated rings. The fourth-order valence-electron chi connectivity index (χ4n) is 5.68. The zero-order valence-electron chi connectivity index (χ0n) is 26.8. The number of aliphatic hydroxyl groups is 2. The number of piperazine rings is 1. The molecule has 0 spiro atoms. The maximum absolute atomic E-state index is 13.2. The lowest BCUT2D eigenvalue weighted by Gasteiger charge is -2.43. The van der Waals surface area contributed by atoms with Crippen molar-refractivity contribution in [1.82, 2.24) is 14.8 Å². The van der Waals surface area contributed by atoms with E-state index in [9.17, 15) is 24.6 Å². The van der Waals surface area contributed by atoms with Crippen LogP contribution in [-0.4, -0.2) is 93.7 Å². The molecule has 2 N–H and O–H groups in total. The standard InChI is InChI=1S/C35H51N3O6/c1-26(9-7-10-28(3)32-13-5-6-19-36-32)31(25-40)27(2)14-15-33(35(4,43)18-16-30(41)17-24-39)44-34(42)38-22-20-37(21-23-38)29-11-8-12-29/h5-7,9-10,13-15,19,24-25,27-31,33,41,43H,8,11-12,16-18,20-23H2,1-4H3/b10-7+,15-14+,26-9+/t27-,28-,30-,31+,33-,35-/m0/s1. The van der Waals surface area contributed by atoms with Gasteiger partial charge in [0, 0.05) is 62.4 Å². The minimum atomic E-state index is -1.50. The Hall–Kier alpha value is -3.14. The molecule has 9 heteroatoms. The highest BCUT2D eigenvalue weighted by Crippen LogP contribution is 2.28. The Bertz CT molecular complexity index is 1140. The Morgan fingerprint density at radius 3 is 2.45 bits per heavy atom. The Morgan fingerprint density at radius 1 is 1.14 bits per heavy atom. The van der Waals surface area contributed by atoms with E-state index in [2.05, 4.69) is 16.8 Å². The van der Waals surface area contributed by atoms with Gasteiger partial charge in [0.15, 0.2) is 6.10 Å². The summed E-state index contributed by atoms with van der Waals surface area (Å²) >= 11 is 0. The van der Waals surface area contributed by atoms with Gasteiger partial charge in [0.05, 0.1) is 6.10 Å². The van der Waals surface area contributed by atoms with E-state index in [0.717, 1.165) is 30.6 Å². The number of aliphatic hydroxyl groups excluding tert-OH is 1. The van der Waals surface area contributed by atoms with E-state index in [4.69, 9.17) is 4.74 Å². The minimum Gasteiger partial charge on any atom is -0.439 e. The molecule has 1 saturated carbocycles. The van der Waals surface area contributed by atoms with Crippen molar-refractivity contribution < 1.29 is 29.3 Å². The summed E-state index contributed by atoms with van der Waals surface area (Å²) in [5.41, 5.74) is 0.336. The molecule has 1 aromatic heterocycles. The van der Waals surface area contributed by atoms with Gasteiger partial charge in [0.1, 0.15) is 18.2 Å². The van der Waals surface area contributed by atoms with Gasteiger partial charge in [-0.25, -0.2) is 4.79 Å². The SMILES string of the molecule is C/C(=C\C=C\[C@H](C)c1ccccn1)[C@@H](C=O)[C@@H](C)/C=C/[C@H](OC(=O)N1CCN(C2CCC2)CC1)[C@@](C)(O)CC[C@H](O)CC=O. The fraction of sp³-hybridized carbons (Fsp3) is 0.600. The number of amides is 1. The van der Waals surface area contributed by atoms with Gasteiger partial charge in [-0.1, -0.05) is 56.2 Å². The van der Waals surface area contributed by atoms with Crippen LogP contribution in [0, 0.1) is 11.8 Å². The molecule has 6 atom stereocenters. The van der Waals surface area contributed by atoms with E-state index in [0.29, 0.717) is 25.4 Å². The summed E-state index contributed by atoms with van der Waals surface area (Å²) in [7, 11) is 0. The van der Waals surface area contributed by atoms with E-state index in [-0.39, 0.29) is 31.1 Å². The number of aldehydes is 2. The van der Waals surface area contributed by atoms with Crippen LogP contribution in [0.1, 0.15) is 77.8 Å². The van der Waals surface area contributed by atoms with E-state index < -0.39 is 29.8 Å². The molecule has 44 heavy (non-hydrogen) atoms. The number of carbonyl (C=O) groups is 3. The van der Waals surface area contributed by atoms with Gasteiger partial charge in [-0.05, 0) is 63.7 Å². The fourth-order valence-corrected chi connectivity index (χ4v) is 5.68. The third kappa shape index (κ3) is 10.5. The van der Waals surface area contributed by atoms with Crippen LogP contribution in [0.4, 0.5) is 4.79 Å². The summed E-state index contributed by atoms with van der Waals surface area (Å²) in [6.45, 7) is 10.2. The van der Waals surface area contributed by atoms with Gasteiger partial charge in [0.25, 0.3) is 0 Å². The monoisotopic (exact) mass is 609 g/mol. The number of hydrogen-bond acceptors (Lipinski definition) is 8. The molecule has 2 aliphatic rings. The first kappa shape index (κ1) is 35.3. The molecule has 2 heterocycles. The molecule has 0 aromatic carbocycles. The molecule has 3 rings (SSSR count). The molecule has 0 radical (unpaired) electrons. The molecule has 242 valence electrons. The summed E-state index contributed by atoms with van der Waals surface area (Å²) in [6.07, 6.45) is 14.2. The molecule has 9 nitrogen and oxygen atoms in total. The molecule has 0 bridgehead atoms. The number of carbonyl (C=O) groups excluding carboxylic acids is 3. The van der Waals surface area contributed by atoms with Crippen molar-refractivity contribution in [2.75, 3.05) is 26.2 Å². The summed E-state index contributed by atoms with van der Waals surface area (Å²) in [5, 5.41) is 21.5. The third-order valence-corrected chi connectivity index (χ3v) is 9.10. The van der Waals surface area contributed by atoms with Gasteiger partial charge >= 0.3 is 6.09 Å². The second kappa shape index (κ2) is 17.4. The number of ether oxygens (including phenoxy) is 1. The number of nitrogens with zero attached hydrogens (tertiary/aromatic N) is 3. The van der Waals surface area contributed by atoms with Crippen LogP contribution in [0.15, 0.2) is 60.3 Å². The molecule has 1 aliphatic carbocycles. The van der Waals surface area contributed by atoms with E-state index in [1.807, 2.05) is 50.3 Å². The molecule has 1 aromatic rings. The zero-order valence-corrected chi connectivity index (χ0v) is 26.8. The van der Waals surface area contributed by atoms with Crippen LogP contribution in [0.2, 0.25) is 0 Å². The molecule has 1 aliphatic heterocycles. The second-order valence-electron chi connectivity index (χ2n) is 12.6. The normalized spacial score (nSPS) is 21.7. The smallest absolute Gasteiger partial charge is 0.410 e. The van der Waals surface area contributed by atoms with Crippen molar-refractivity contribution in [3.05, 3.63) is 66.0 Å². The van der Waals surface area contributed by atoms with E-state index >= 15 is 0 Å². The average Bonchev–Trinajstić information content (AvgIpc) is 2.98. The van der Waals surface area contributed by atoms with Crippen molar-refractivity contribution in [3.8, 4) is 0 Å². The highest BCUT2D eigenvalue weighted by atomic mass is 16.6. The van der Waals surface area contributed by atoms with Crippen molar-refractivity contribution in [3.63, 3.8) is 0 Å². The number of aromatic nitrogens is 1. The number of pyridine rings is 1. The van der Waals surface area contributed by atoms with Gasteiger partial charge in [-0.3, -0.25) is 9.88 Å². The minimum absolute atomic E-state index is 0.0274. The quantitative estimate of drug-likeness (QED) is 0.155. The summed E-state index contributed by atoms with van der Waals surface area (Å²) in [5.74, 6) is -0.540. The predicted octanol–water partition coefficient (Wildman–Crippen LogP) is 4.85. The largest absolute Gasteiger partial charge is 0.439 e. The molecule has 1 saturated heterocycles. The molecule has 0 unspecified atom stereocenters. The van der Waals surface area contributed by atoms with Crippen molar-refractivity contribution in [1.29, 1.82) is 0 Å². The molecule has 1 amide bonds. The Labute approximate surface area is 262 Å². The van der Waals surface area contributed by atoms with Crippen LogP contribution < -0.4 is 0 Å². The van der Waals surface area contributed by atoms with Gasteiger partial charge in [-0.15, -0.1) is 0 Å². The first-order valence-corrected chi connectivity index (χ1v) is 16.0. The van der Waals surface area contributed by atoms with E-state index in [1.54, 1.807) is 30.2 Å². The van der Waals surface area contributed by atoms with Crippen LogP contribution in [0.3, 0.4) is 0 Å². The number of allylic oxidation sites excluding steroid dienone is 5. The van der Waals surface area contributed by atoms with Crippen LogP contribution in [0.25, 0.3) is 0 Å². The number of hydrogen-bond donors (Lipinski definition) is 2. The Kier molecular flexibility index (Phi) is 14.0. The van der Waals surface area contributed by atoms with Crippen LogP contribution >= 0.6 is 0 Å². The average molecular weight is 610 g/mol. The van der Waals surface area contributed by atoms with Crippen LogP contribution in [-0.2, 0) is 14.3 Å². The second-order valence-corrected chi connectivity index (χ2v) is 12.6. The first-order chi connectivity index (χ1) is 21.1. The Morgan fingerprint density at radius 2 is 1.86 bits per heavy atom. The first-order valence-electron chi connectivity index (χ1n) is 16.0. The van der Waals surface area contributed by atoms with Gasteiger partial charge < -0.3 is 29.4 Å². The lowest BCUT2D eigenvalue weighted by Crippen LogP contribution is -2.54. The van der Waals surface area contributed by atoms with Gasteiger partial charge in [0.2, 0.25) is 0 Å². The third-order valence-electron chi connectivity index (χ3n) is 9.10. The van der Waals surface area contributed by atoms with Crippen molar-refractivity contribution in [2.24, 2.45) is 11.8 Å². The molecular weight excluding hydrogens is 558 g/mol. The number of rotatable bonds is 16. The van der Waals surface area contributed by atoms with Crippen LogP contribution in [0.5, 0.6) is 0 Å². The summed E-state index contributed by atoms with van der Waals surface area (Å²) < 4.78 is 5.90. The maximum atomic E-state index is 13.2. The predicted molar refractivity (Wildman–Crippen MR) is 171 cm³/mol. The lowest BCUT2D eigenvalue weighted by atomic mass is 9.86. The van der Waals surface area contributed by atoms with Gasteiger partial charge in [-0.2, -0.15) is 0 Å². The van der Waals surface area contributed by atoms with Crippen molar-refractivity contribution >= 4 is 18.7 Å².